The molecule has 0 spiro atoms. The molecule has 0 aromatic carbocycles. The minimum Gasteiger partial charge on any atom is -0.462 e. The average Bonchev–Trinajstić information content (AvgIpc) is 2.58. The van der Waals surface area contributed by atoms with Crippen LogP contribution in [0.1, 0.15) is 35.5 Å². The summed E-state index contributed by atoms with van der Waals surface area (Å²) < 4.78 is 4.89. The van der Waals surface area contributed by atoms with Gasteiger partial charge in [0, 0.05) is 4.88 Å². The quantitative estimate of drug-likeness (QED) is 0.656. The molecule has 0 saturated carbocycles. The maximum atomic E-state index is 11.6. The lowest BCUT2D eigenvalue weighted by molar-refractivity contribution is -0.124. The molecule has 0 bridgehead atoms. The number of hydrogen-bond acceptors (Lipinski definition) is 5. The number of ether oxygens (including phenoxy) is 1. The molecule has 0 saturated heterocycles. The van der Waals surface area contributed by atoms with Gasteiger partial charge in [0.15, 0.2) is 0 Å². The highest BCUT2D eigenvalue weighted by Gasteiger charge is 2.18. The topological polar surface area (TPSA) is 72.5 Å². The van der Waals surface area contributed by atoms with E-state index in [1.165, 1.54) is 18.3 Å². The Bertz CT molecular complexity index is 478. The first-order chi connectivity index (χ1) is 8.43. The number of thiophene rings is 1. The van der Waals surface area contributed by atoms with Crippen molar-refractivity contribution in [3.63, 3.8) is 0 Å². The lowest BCUT2D eigenvalue weighted by Gasteiger charge is -2.04. The van der Waals surface area contributed by atoms with Gasteiger partial charge in [-0.2, -0.15) is 0 Å². The van der Waals surface area contributed by atoms with E-state index in [1.54, 1.807) is 13.0 Å². The van der Waals surface area contributed by atoms with Crippen LogP contribution in [-0.2, 0) is 14.3 Å². The summed E-state index contributed by atoms with van der Waals surface area (Å²) in [5.74, 6) is -1.12. The number of carbonyl (C=O) groups is 3. The van der Waals surface area contributed by atoms with Gasteiger partial charge in [-0.1, -0.05) is 0 Å². The van der Waals surface area contributed by atoms with Gasteiger partial charge in [-0.05, 0) is 26.8 Å². The number of Topliss-reactive ketones (excluding diaryl/α,β-unsaturated/α-hetero) is 1. The van der Waals surface area contributed by atoms with Crippen LogP contribution >= 0.6 is 11.3 Å². The Hall–Kier alpha value is -1.69. The van der Waals surface area contributed by atoms with Crippen LogP contribution < -0.4 is 5.32 Å². The summed E-state index contributed by atoms with van der Waals surface area (Å²) in [6, 6.07) is 1.66. The second-order valence-corrected chi connectivity index (χ2v) is 5.00. The predicted octanol–water partition coefficient (Wildman–Crippen LogP) is 2.15. The van der Waals surface area contributed by atoms with Gasteiger partial charge in [0.25, 0.3) is 0 Å². The highest BCUT2D eigenvalue weighted by Crippen LogP contribution is 2.28. The van der Waals surface area contributed by atoms with E-state index in [-0.39, 0.29) is 18.8 Å². The van der Waals surface area contributed by atoms with Gasteiger partial charge >= 0.3 is 5.97 Å². The molecule has 1 aromatic heterocycles. The van der Waals surface area contributed by atoms with Crippen LogP contribution in [0.5, 0.6) is 0 Å². The molecule has 0 aliphatic heterocycles. The molecule has 18 heavy (non-hydrogen) atoms. The number of hydrogen-bond donors (Lipinski definition) is 1. The summed E-state index contributed by atoms with van der Waals surface area (Å²) in [5.41, 5.74) is 0.330. The largest absolute Gasteiger partial charge is 0.462 e. The first-order valence-electron chi connectivity index (χ1n) is 5.50. The molecule has 0 aliphatic carbocycles. The molecule has 0 unspecified atom stereocenters. The van der Waals surface area contributed by atoms with E-state index in [2.05, 4.69) is 5.32 Å². The van der Waals surface area contributed by atoms with Crippen LogP contribution in [0.25, 0.3) is 0 Å². The van der Waals surface area contributed by atoms with Crippen LogP contribution in [0.2, 0.25) is 0 Å². The molecule has 0 aliphatic rings. The smallest absolute Gasteiger partial charge is 0.341 e. The molecule has 0 radical (unpaired) electrons. The molecule has 1 rings (SSSR count). The first-order valence-corrected chi connectivity index (χ1v) is 6.32. The number of rotatable bonds is 5. The second kappa shape index (κ2) is 6.30. The number of carbonyl (C=O) groups excluding carboxylic acids is 3. The Morgan fingerprint density at radius 3 is 2.61 bits per heavy atom. The highest BCUT2D eigenvalue weighted by molar-refractivity contribution is 7.16. The predicted molar refractivity (Wildman–Crippen MR) is 68.9 cm³/mol. The fourth-order valence-electron chi connectivity index (χ4n) is 1.36. The number of ketones is 1. The van der Waals surface area contributed by atoms with E-state index in [0.29, 0.717) is 10.6 Å². The van der Waals surface area contributed by atoms with Gasteiger partial charge in [0.05, 0.1) is 18.6 Å². The zero-order valence-corrected chi connectivity index (χ0v) is 11.3. The maximum Gasteiger partial charge on any atom is 0.341 e. The third-order valence-corrected chi connectivity index (χ3v) is 2.98. The van der Waals surface area contributed by atoms with Gasteiger partial charge in [-0.25, -0.2) is 4.79 Å². The molecule has 1 N–H and O–H groups in total. The number of esters is 1. The fourth-order valence-corrected chi connectivity index (χ4v) is 2.28. The first kappa shape index (κ1) is 14.4. The summed E-state index contributed by atoms with van der Waals surface area (Å²) in [6.45, 7) is 5.15. The lowest BCUT2D eigenvalue weighted by Crippen LogP contribution is -2.16. The molecular weight excluding hydrogens is 254 g/mol. The van der Waals surface area contributed by atoms with E-state index in [1.807, 2.05) is 6.92 Å². The minimum atomic E-state index is -0.472. The van der Waals surface area contributed by atoms with Crippen LogP contribution in [-0.4, -0.2) is 24.3 Å². The zero-order valence-electron chi connectivity index (χ0n) is 10.5. The van der Waals surface area contributed by atoms with Crippen molar-refractivity contribution >= 4 is 34.0 Å². The van der Waals surface area contributed by atoms with Crippen molar-refractivity contribution in [1.29, 1.82) is 0 Å². The SMILES string of the molecule is CCOC(=O)c1cc(C)sc1NC(=O)CC(C)=O. The summed E-state index contributed by atoms with van der Waals surface area (Å²) >= 11 is 1.28. The third kappa shape index (κ3) is 3.96. The monoisotopic (exact) mass is 269 g/mol. The molecule has 0 atom stereocenters. The normalized spacial score (nSPS) is 9.94. The van der Waals surface area contributed by atoms with E-state index >= 15 is 0 Å². The van der Waals surface area contributed by atoms with Crippen LogP contribution in [0.15, 0.2) is 6.07 Å². The summed E-state index contributed by atoms with van der Waals surface area (Å²) in [5, 5.41) is 2.99. The van der Waals surface area contributed by atoms with E-state index in [9.17, 15) is 14.4 Å². The van der Waals surface area contributed by atoms with Crippen molar-refractivity contribution < 1.29 is 19.1 Å². The highest BCUT2D eigenvalue weighted by atomic mass is 32.1. The number of anilines is 1. The Labute approximate surface area is 109 Å². The van der Waals surface area contributed by atoms with Crippen molar-refractivity contribution in [1.82, 2.24) is 0 Å². The van der Waals surface area contributed by atoms with Crippen molar-refractivity contribution in [2.24, 2.45) is 0 Å². The lowest BCUT2D eigenvalue weighted by atomic mass is 10.2. The van der Waals surface area contributed by atoms with Gasteiger partial charge in [0.2, 0.25) is 5.91 Å². The maximum absolute atomic E-state index is 11.6. The van der Waals surface area contributed by atoms with Gasteiger partial charge in [-0.3, -0.25) is 9.59 Å². The average molecular weight is 269 g/mol. The van der Waals surface area contributed by atoms with Crippen molar-refractivity contribution in [2.45, 2.75) is 27.2 Å². The molecule has 1 amide bonds. The summed E-state index contributed by atoms with van der Waals surface area (Å²) in [7, 11) is 0. The van der Waals surface area contributed by atoms with Crippen molar-refractivity contribution in [2.75, 3.05) is 11.9 Å². The Kier molecular flexibility index (Phi) is 5.03. The zero-order chi connectivity index (χ0) is 13.7. The Morgan fingerprint density at radius 2 is 2.06 bits per heavy atom. The molecule has 5 nitrogen and oxygen atoms in total. The summed E-state index contributed by atoms with van der Waals surface area (Å²) in [4.78, 5) is 34.8. The third-order valence-electron chi connectivity index (χ3n) is 2.01. The Morgan fingerprint density at radius 1 is 1.39 bits per heavy atom. The standard InChI is InChI=1S/C12H15NO4S/c1-4-17-12(16)9-6-8(3)18-11(9)13-10(15)5-7(2)14/h6H,4-5H2,1-3H3,(H,13,15). The summed E-state index contributed by atoms with van der Waals surface area (Å²) in [6.07, 6.45) is -0.195. The van der Waals surface area contributed by atoms with Gasteiger partial charge in [0.1, 0.15) is 10.8 Å². The number of nitrogens with one attached hydrogen (secondary N) is 1. The molecule has 1 aromatic rings. The van der Waals surface area contributed by atoms with Crippen LogP contribution in [0, 0.1) is 6.92 Å². The second-order valence-electron chi connectivity index (χ2n) is 3.75. The molecule has 0 fully saturated rings. The van der Waals surface area contributed by atoms with E-state index in [0.717, 1.165) is 4.88 Å². The molecule has 1 heterocycles. The number of amides is 1. The molecular formula is C12H15NO4S. The van der Waals surface area contributed by atoms with Crippen LogP contribution in [0.3, 0.4) is 0 Å². The molecule has 6 heteroatoms. The Balaban J connectivity index is 2.85. The van der Waals surface area contributed by atoms with Crippen LogP contribution in [0.4, 0.5) is 5.00 Å². The van der Waals surface area contributed by atoms with Gasteiger partial charge < -0.3 is 10.1 Å². The van der Waals surface area contributed by atoms with E-state index < -0.39 is 11.9 Å². The fraction of sp³-hybridized carbons (Fsp3) is 0.417. The number of aryl methyl sites for hydroxylation is 1. The van der Waals surface area contributed by atoms with E-state index in [4.69, 9.17) is 4.74 Å². The van der Waals surface area contributed by atoms with Gasteiger partial charge in [-0.15, -0.1) is 11.3 Å². The minimum absolute atomic E-state index is 0.195. The van der Waals surface area contributed by atoms with Crippen molar-refractivity contribution in [3.8, 4) is 0 Å². The van der Waals surface area contributed by atoms with Crippen molar-refractivity contribution in [3.05, 3.63) is 16.5 Å². The molecule has 98 valence electrons.